The van der Waals surface area contributed by atoms with Crippen molar-refractivity contribution in [3.05, 3.63) is 18.5 Å². The first-order valence-electron chi connectivity index (χ1n) is 8.00. The minimum Gasteiger partial charge on any atom is -0.384 e. The monoisotopic (exact) mass is 302 g/mol. The summed E-state index contributed by atoms with van der Waals surface area (Å²) in [7, 11) is 0. The first-order chi connectivity index (χ1) is 10.6. The summed E-state index contributed by atoms with van der Waals surface area (Å²) in [4.78, 5) is 15.2. The van der Waals surface area contributed by atoms with E-state index in [1.165, 1.54) is 6.42 Å². The zero-order valence-electron chi connectivity index (χ0n) is 13.7. The van der Waals surface area contributed by atoms with Gasteiger partial charge in [-0.15, -0.1) is 0 Å². The second kappa shape index (κ2) is 7.89. The zero-order chi connectivity index (χ0) is 15.9. The van der Waals surface area contributed by atoms with Crippen LogP contribution in [0.3, 0.4) is 0 Å². The van der Waals surface area contributed by atoms with Crippen LogP contribution in [-0.4, -0.2) is 45.5 Å². The first kappa shape index (κ1) is 16.4. The largest absolute Gasteiger partial charge is 0.384 e. The number of hydrogen-bond acceptors (Lipinski definition) is 6. The molecule has 6 heteroatoms. The molecule has 0 unspecified atom stereocenters. The average Bonchev–Trinajstić information content (AvgIpc) is 2.51. The van der Waals surface area contributed by atoms with E-state index in [2.05, 4.69) is 45.9 Å². The van der Waals surface area contributed by atoms with Crippen molar-refractivity contribution in [3.63, 3.8) is 0 Å². The first-order valence-corrected chi connectivity index (χ1v) is 8.00. The van der Waals surface area contributed by atoms with Crippen LogP contribution in [0.5, 0.6) is 0 Å². The highest BCUT2D eigenvalue weighted by atomic mass is 15.1. The van der Waals surface area contributed by atoms with Crippen molar-refractivity contribution in [2.45, 2.75) is 39.7 Å². The van der Waals surface area contributed by atoms with Gasteiger partial charge in [-0.3, -0.25) is 0 Å². The molecule has 2 rings (SSSR count). The van der Waals surface area contributed by atoms with Crippen molar-refractivity contribution in [1.29, 1.82) is 0 Å². The molecule has 0 bridgehead atoms. The molecule has 0 spiro atoms. The Labute approximate surface area is 132 Å². The molecule has 0 radical (unpaired) electrons. The highest BCUT2D eigenvalue weighted by Gasteiger charge is 2.10. The molecular formula is C16H26N6. The maximum Gasteiger partial charge on any atom is 0.182 e. The topological polar surface area (TPSA) is 80.0 Å². The number of aromatic nitrogens is 3. The van der Waals surface area contributed by atoms with Crippen LogP contribution in [0.25, 0.3) is 11.2 Å². The standard InChI is InChI=1S/C16H26N6/c1-4-22(5-2)10-6-7-12(3)20-13-11-14(17)21-16-15(13)18-8-9-19-16/h8-9,11-12H,4-7,10H2,1-3H3,(H3,17,19,20,21)/t12-/m1/s1. The van der Waals surface area contributed by atoms with E-state index in [9.17, 15) is 0 Å². The third-order valence-electron chi connectivity index (χ3n) is 3.87. The lowest BCUT2D eigenvalue weighted by Gasteiger charge is -2.20. The Morgan fingerprint density at radius 3 is 2.68 bits per heavy atom. The third-order valence-corrected chi connectivity index (χ3v) is 3.87. The highest BCUT2D eigenvalue weighted by Crippen LogP contribution is 2.22. The van der Waals surface area contributed by atoms with Crippen LogP contribution in [0.4, 0.5) is 11.5 Å². The number of rotatable bonds is 8. The lowest BCUT2D eigenvalue weighted by Crippen LogP contribution is -2.25. The van der Waals surface area contributed by atoms with E-state index in [4.69, 9.17) is 5.73 Å². The fourth-order valence-electron chi connectivity index (χ4n) is 2.58. The molecule has 0 aliphatic heterocycles. The molecule has 3 N–H and O–H groups in total. The van der Waals surface area contributed by atoms with E-state index in [1.54, 1.807) is 12.4 Å². The summed E-state index contributed by atoms with van der Waals surface area (Å²) in [5.74, 6) is 0.464. The smallest absolute Gasteiger partial charge is 0.182 e. The summed E-state index contributed by atoms with van der Waals surface area (Å²) < 4.78 is 0. The minimum absolute atomic E-state index is 0.350. The molecule has 0 aliphatic rings. The predicted octanol–water partition coefficient (Wildman–Crippen LogP) is 2.53. The van der Waals surface area contributed by atoms with Crippen LogP contribution in [0.15, 0.2) is 18.5 Å². The predicted molar refractivity (Wildman–Crippen MR) is 91.9 cm³/mol. The van der Waals surface area contributed by atoms with Crippen molar-refractivity contribution < 1.29 is 0 Å². The fraction of sp³-hybridized carbons (Fsp3) is 0.562. The second-order valence-electron chi connectivity index (χ2n) is 5.54. The number of nitrogens with two attached hydrogens (primary N) is 1. The van der Waals surface area contributed by atoms with E-state index < -0.39 is 0 Å². The van der Waals surface area contributed by atoms with Gasteiger partial charge in [0.15, 0.2) is 5.65 Å². The van der Waals surface area contributed by atoms with Crippen LogP contribution < -0.4 is 11.1 Å². The molecular weight excluding hydrogens is 276 g/mol. The number of nitrogens with zero attached hydrogens (tertiary/aromatic N) is 4. The molecule has 0 saturated carbocycles. The van der Waals surface area contributed by atoms with Crippen molar-refractivity contribution in [2.24, 2.45) is 0 Å². The van der Waals surface area contributed by atoms with Crippen LogP contribution in [0.2, 0.25) is 0 Å². The zero-order valence-corrected chi connectivity index (χ0v) is 13.7. The Kier molecular flexibility index (Phi) is 5.89. The molecule has 0 aliphatic carbocycles. The van der Waals surface area contributed by atoms with Crippen molar-refractivity contribution in [1.82, 2.24) is 19.9 Å². The summed E-state index contributed by atoms with van der Waals surface area (Å²) in [5.41, 5.74) is 8.11. The van der Waals surface area contributed by atoms with Crippen molar-refractivity contribution in [2.75, 3.05) is 30.7 Å². The van der Waals surface area contributed by atoms with Gasteiger partial charge in [0, 0.05) is 24.5 Å². The number of nitrogens with one attached hydrogen (secondary N) is 1. The molecule has 22 heavy (non-hydrogen) atoms. The van der Waals surface area contributed by atoms with Gasteiger partial charge in [0.05, 0.1) is 5.69 Å². The summed E-state index contributed by atoms with van der Waals surface area (Å²) in [6.45, 7) is 9.95. The lowest BCUT2D eigenvalue weighted by molar-refractivity contribution is 0.295. The van der Waals surface area contributed by atoms with Gasteiger partial charge in [-0.05, 0) is 39.4 Å². The van der Waals surface area contributed by atoms with Gasteiger partial charge < -0.3 is 16.0 Å². The Balaban J connectivity index is 1.98. The van der Waals surface area contributed by atoms with E-state index in [0.29, 0.717) is 17.5 Å². The number of nitrogen functional groups attached to an aromatic ring is 1. The highest BCUT2D eigenvalue weighted by molar-refractivity contribution is 5.86. The third kappa shape index (κ3) is 4.27. The molecule has 0 fully saturated rings. The van der Waals surface area contributed by atoms with E-state index in [0.717, 1.165) is 37.3 Å². The molecule has 2 heterocycles. The molecule has 6 nitrogen and oxygen atoms in total. The van der Waals surface area contributed by atoms with Crippen molar-refractivity contribution >= 4 is 22.7 Å². The van der Waals surface area contributed by atoms with Crippen LogP contribution >= 0.6 is 0 Å². The number of anilines is 2. The average molecular weight is 302 g/mol. The maximum atomic E-state index is 5.85. The lowest BCUT2D eigenvalue weighted by atomic mass is 10.1. The van der Waals surface area contributed by atoms with Crippen LogP contribution in [-0.2, 0) is 0 Å². The Morgan fingerprint density at radius 2 is 1.95 bits per heavy atom. The SMILES string of the molecule is CCN(CC)CCC[C@@H](C)Nc1cc(N)nc2nccnc12. The number of pyridine rings is 1. The minimum atomic E-state index is 0.350. The van der Waals surface area contributed by atoms with Gasteiger partial charge in [-0.2, -0.15) is 0 Å². The number of fused-ring (bicyclic) bond motifs is 1. The molecule has 2 aromatic heterocycles. The van der Waals surface area contributed by atoms with E-state index in [-0.39, 0.29) is 0 Å². The summed E-state index contributed by atoms with van der Waals surface area (Å²) in [6.07, 6.45) is 5.57. The van der Waals surface area contributed by atoms with E-state index in [1.807, 2.05) is 6.07 Å². The van der Waals surface area contributed by atoms with Crippen LogP contribution in [0, 0.1) is 0 Å². The summed E-state index contributed by atoms with van der Waals surface area (Å²) in [5, 5.41) is 3.49. The second-order valence-corrected chi connectivity index (χ2v) is 5.54. The van der Waals surface area contributed by atoms with Gasteiger partial charge in [0.1, 0.15) is 11.3 Å². The Hall–Kier alpha value is -1.95. The molecule has 1 atom stereocenters. The summed E-state index contributed by atoms with van der Waals surface area (Å²) >= 11 is 0. The quantitative estimate of drug-likeness (QED) is 0.780. The maximum absolute atomic E-state index is 5.85. The fourth-order valence-corrected chi connectivity index (χ4v) is 2.58. The molecule has 0 saturated heterocycles. The van der Waals surface area contributed by atoms with Gasteiger partial charge in [0.2, 0.25) is 0 Å². The van der Waals surface area contributed by atoms with Gasteiger partial charge in [0.25, 0.3) is 0 Å². The molecule has 0 amide bonds. The Morgan fingerprint density at radius 1 is 1.23 bits per heavy atom. The van der Waals surface area contributed by atoms with Crippen molar-refractivity contribution in [3.8, 4) is 0 Å². The number of hydrogen-bond donors (Lipinski definition) is 2. The normalized spacial score (nSPS) is 12.7. The molecule has 2 aromatic rings. The molecule has 120 valence electrons. The van der Waals surface area contributed by atoms with Gasteiger partial charge >= 0.3 is 0 Å². The van der Waals surface area contributed by atoms with Gasteiger partial charge in [-0.1, -0.05) is 13.8 Å². The van der Waals surface area contributed by atoms with E-state index >= 15 is 0 Å². The molecule has 0 aromatic carbocycles. The Bertz CT molecular complexity index is 596. The van der Waals surface area contributed by atoms with Crippen LogP contribution in [0.1, 0.15) is 33.6 Å². The van der Waals surface area contributed by atoms with Gasteiger partial charge in [-0.25, -0.2) is 15.0 Å². The summed E-state index contributed by atoms with van der Waals surface area (Å²) in [6, 6.07) is 2.18.